The molecule has 14 rings (SSSR count). The van der Waals surface area contributed by atoms with E-state index in [1.807, 2.05) is 6.07 Å². The number of anilines is 3. The van der Waals surface area contributed by atoms with Crippen LogP contribution < -0.4 is 4.90 Å². The van der Waals surface area contributed by atoms with Gasteiger partial charge in [0, 0.05) is 33.2 Å². The Hall–Kier alpha value is -8.72. The van der Waals surface area contributed by atoms with E-state index in [0.717, 1.165) is 39.0 Å². The van der Waals surface area contributed by atoms with Crippen molar-refractivity contribution >= 4 is 49.8 Å². The van der Waals surface area contributed by atoms with Crippen LogP contribution in [-0.2, 0) is 10.8 Å². The molecule has 0 saturated heterocycles. The van der Waals surface area contributed by atoms with Crippen LogP contribution in [0.2, 0.25) is 0 Å². The molecule has 0 unspecified atom stereocenters. The molecule has 0 N–H and O–H groups in total. The van der Waals surface area contributed by atoms with Crippen molar-refractivity contribution in [3.63, 3.8) is 0 Å². The van der Waals surface area contributed by atoms with Gasteiger partial charge in [-0.15, -0.1) is 0 Å². The summed E-state index contributed by atoms with van der Waals surface area (Å²) in [4.78, 5) is 2.40. The molecule has 2 aliphatic carbocycles. The lowest BCUT2D eigenvalue weighted by Crippen LogP contribution is -2.28. The fourth-order valence-electron chi connectivity index (χ4n) is 12.3. The monoisotopic (exact) mass is 893 g/mol. The molecule has 0 spiro atoms. The average Bonchev–Trinajstić information content (AvgIpc) is 4.02. The van der Waals surface area contributed by atoms with Crippen molar-refractivity contribution in [2.45, 2.75) is 24.7 Å². The Bertz CT molecular complexity index is 3970. The predicted octanol–water partition coefficient (Wildman–Crippen LogP) is 18.2. The maximum absolute atomic E-state index is 6.33. The maximum Gasteiger partial charge on any atom is 0.135 e. The first kappa shape index (κ1) is 40.4. The lowest BCUT2D eigenvalue weighted by molar-refractivity contribution is 0.660. The van der Waals surface area contributed by atoms with E-state index in [0.29, 0.717) is 0 Å². The largest absolute Gasteiger partial charge is 0.456 e. The molecule has 0 atom stereocenters. The van der Waals surface area contributed by atoms with Gasteiger partial charge in [0.15, 0.2) is 0 Å². The molecule has 0 radical (unpaired) electrons. The predicted molar refractivity (Wildman–Crippen MR) is 292 cm³/mol. The standard InChI is InChI=1S/C68H47NO/c1-67(2)60-28-16-14-25-53(60)54-38-36-51(42-61(54)67)69(49-22-10-5-11-23-49)50-34-30-44(31-35-50)45-32-37-57-62(41-45)68(47-18-6-3-7-19-47,48-20-8-4-9-21-48)63-43-58(52-24-12-13-27-56(52)66(57)63)46-33-39-65-59(40-46)55-26-15-17-29-64(55)70-65/h3-43H,1-2H3. The lowest BCUT2D eigenvalue weighted by Gasteiger charge is -2.34. The van der Waals surface area contributed by atoms with Gasteiger partial charge in [-0.2, -0.15) is 0 Å². The number of rotatable bonds is 7. The average molecular weight is 894 g/mol. The summed E-state index contributed by atoms with van der Waals surface area (Å²) < 4.78 is 6.33. The Morgan fingerprint density at radius 3 is 1.63 bits per heavy atom. The molecule has 2 aliphatic rings. The molecule has 0 saturated carbocycles. The zero-order valence-corrected chi connectivity index (χ0v) is 39.0. The molecule has 330 valence electrons. The Kier molecular flexibility index (Phi) is 8.88. The van der Waals surface area contributed by atoms with E-state index < -0.39 is 5.41 Å². The van der Waals surface area contributed by atoms with E-state index >= 15 is 0 Å². The van der Waals surface area contributed by atoms with Gasteiger partial charge in [0.25, 0.3) is 0 Å². The molecule has 0 bridgehead atoms. The summed E-state index contributed by atoms with van der Waals surface area (Å²) in [5.41, 5.74) is 22.2. The highest BCUT2D eigenvalue weighted by molar-refractivity contribution is 6.12. The molecule has 0 aliphatic heterocycles. The second-order valence-electron chi connectivity index (χ2n) is 19.6. The van der Waals surface area contributed by atoms with E-state index in [9.17, 15) is 0 Å². The van der Waals surface area contributed by atoms with E-state index in [1.165, 1.54) is 88.7 Å². The maximum atomic E-state index is 6.33. The summed E-state index contributed by atoms with van der Waals surface area (Å²) in [7, 11) is 0. The molecule has 0 fully saturated rings. The molecular weight excluding hydrogens is 847 g/mol. The summed E-state index contributed by atoms with van der Waals surface area (Å²) in [5.74, 6) is 0. The first-order valence-corrected chi connectivity index (χ1v) is 24.4. The summed E-state index contributed by atoms with van der Waals surface area (Å²) >= 11 is 0. The number of fused-ring (bicyclic) bond motifs is 11. The van der Waals surface area contributed by atoms with Crippen molar-refractivity contribution in [3.8, 4) is 44.5 Å². The quantitative estimate of drug-likeness (QED) is 0.158. The van der Waals surface area contributed by atoms with Gasteiger partial charge in [-0.3, -0.25) is 0 Å². The molecule has 0 amide bonds. The van der Waals surface area contributed by atoms with Gasteiger partial charge in [0.1, 0.15) is 11.2 Å². The smallest absolute Gasteiger partial charge is 0.135 e. The van der Waals surface area contributed by atoms with Crippen molar-refractivity contribution in [1.29, 1.82) is 0 Å². The fraction of sp³-hybridized carbons (Fsp3) is 0.0588. The van der Waals surface area contributed by atoms with Gasteiger partial charge in [0.2, 0.25) is 0 Å². The Labute approximate surface area is 408 Å². The summed E-state index contributed by atoms with van der Waals surface area (Å²) in [6.07, 6.45) is 0. The molecule has 1 heterocycles. The number of para-hydroxylation sites is 2. The number of hydrogen-bond acceptors (Lipinski definition) is 2. The highest BCUT2D eigenvalue weighted by Gasteiger charge is 2.47. The summed E-state index contributed by atoms with van der Waals surface area (Å²) in [5, 5.41) is 4.74. The van der Waals surface area contributed by atoms with Gasteiger partial charge in [-0.05, 0) is 155 Å². The zero-order valence-electron chi connectivity index (χ0n) is 39.0. The van der Waals surface area contributed by atoms with E-state index in [2.05, 4.69) is 261 Å². The van der Waals surface area contributed by atoms with Crippen molar-refractivity contribution in [2.24, 2.45) is 0 Å². The van der Waals surface area contributed by atoms with Crippen LogP contribution in [0.4, 0.5) is 17.1 Å². The molecule has 2 nitrogen and oxygen atoms in total. The van der Waals surface area contributed by atoms with Gasteiger partial charge >= 0.3 is 0 Å². The SMILES string of the molecule is CC1(C)c2ccccc2-c2ccc(N(c3ccccc3)c3ccc(-c4ccc5c(c4)C(c4ccccc4)(c4ccccc4)c4cc(-c6ccc7oc8ccccc8c7c6)c6ccccc6c4-5)cc3)cc21. The minimum absolute atomic E-state index is 0.103. The van der Waals surface area contributed by atoms with Crippen molar-refractivity contribution in [2.75, 3.05) is 4.90 Å². The van der Waals surface area contributed by atoms with Gasteiger partial charge < -0.3 is 9.32 Å². The summed E-state index contributed by atoms with van der Waals surface area (Å²) in [6.45, 7) is 4.71. The summed E-state index contributed by atoms with van der Waals surface area (Å²) in [6, 6.07) is 91.9. The van der Waals surface area contributed by atoms with Crippen LogP contribution in [0.1, 0.15) is 47.2 Å². The third-order valence-corrected chi connectivity index (χ3v) is 15.5. The van der Waals surface area contributed by atoms with Crippen LogP contribution in [0.25, 0.3) is 77.2 Å². The Balaban J connectivity index is 0.944. The zero-order chi connectivity index (χ0) is 46.6. The Morgan fingerprint density at radius 1 is 0.314 bits per heavy atom. The second-order valence-corrected chi connectivity index (χ2v) is 19.6. The lowest BCUT2D eigenvalue weighted by atomic mass is 9.67. The van der Waals surface area contributed by atoms with Crippen LogP contribution >= 0.6 is 0 Å². The first-order chi connectivity index (χ1) is 34.5. The second kappa shape index (κ2) is 15.4. The molecule has 1 aromatic heterocycles. The number of furan rings is 1. The minimum Gasteiger partial charge on any atom is -0.456 e. The molecule has 11 aromatic carbocycles. The third-order valence-electron chi connectivity index (χ3n) is 15.5. The molecule has 12 aromatic rings. The van der Waals surface area contributed by atoms with Crippen molar-refractivity contribution in [3.05, 3.63) is 282 Å². The van der Waals surface area contributed by atoms with Crippen LogP contribution in [0.3, 0.4) is 0 Å². The van der Waals surface area contributed by atoms with Crippen molar-refractivity contribution < 1.29 is 4.42 Å². The third kappa shape index (κ3) is 5.87. The van der Waals surface area contributed by atoms with E-state index in [-0.39, 0.29) is 5.41 Å². The normalized spacial score (nSPS) is 13.8. The molecule has 2 heteroatoms. The minimum atomic E-state index is -0.612. The van der Waals surface area contributed by atoms with Gasteiger partial charge in [0.05, 0.1) is 5.41 Å². The van der Waals surface area contributed by atoms with E-state index in [4.69, 9.17) is 4.42 Å². The highest BCUT2D eigenvalue weighted by Crippen LogP contribution is 2.60. The highest BCUT2D eigenvalue weighted by atomic mass is 16.3. The van der Waals surface area contributed by atoms with Gasteiger partial charge in [-0.25, -0.2) is 0 Å². The van der Waals surface area contributed by atoms with Gasteiger partial charge in [-0.1, -0.05) is 196 Å². The number of hydrogen-bond donors (Lipinski definition) is 0. The molecule has 70 heavy (non-hydrogen) atoms. The topological polar surface area (TPSA) is 16.4 Å². The van der Waals surface area contributed by atoms with Crippen LogP contribution in [0.5, 0.6) is 0 Å². The van der Waals surface area contributed by atoms with Crippen LogP contribution in [-0.4, -0.2) is 0 Å². The fourth-order valence-corrected chi connectivity index (χ4v) is 12.3. The van der Waals surface area contributed by atoms with Crippen molar-refractivity contribution in [1.82, 2.24) is 0 Å². The van der Waals surface area contributed by atoms with Crippen LogP contribution in [0, 0.1) is 0 Å². The first-order valence-electron chi connectivity index (χ1n) is 24.4. The molecular formula is C68H47NO. The van der Waals surface area contributed by atoms with Crippen LogP contribution in [0.15, 0.2) is 253 Å². The van der Waals surface area contributed by atoms with E-state index in [1.54, 1.807) is 0 Å². The number of nitrogens with zero attached hydrogens (tertiary/aromatic N) is 1. The number of benzene rings is 11. The Morgan fingerprint density at radius 2 is 0.871 bits per heavy atom.